The summed E-state index contributed by atoms with van der Waals surface area (Å²) in [7, 11) is 3.73. The lowest BCUT2D eigenvalue weighted by molar-refractivity contribution is -0.160. The summed E-state index contributed by atoms with van der Waals surface area (Å²) in [5.41, 5.74) is 0. The Balaban J connectivity index is 2.23. The van der Waals surface area contributed by atoms with E-state index in [4.69, 9.17) is 9.47 Å². The van der Waals surface area contributed by atoms with Crippen molar-refractivity contribution in [3.05, 3.63) is 0 Å². The molecule has 0 N–H and O–H groups in total. The highest BCUT2D eigenvalue weighted by Gasteiger charge is 2.15. The molecule has 0 aromatic carbocycles. The molecule has 0 amide bonds. The molecule has 1 heterocycles. The van der Waals surface area contributed by atoms with Gasteiger partial charge in [0.05, 0.1) is 6.61 Å². The summed E-state index contributed by atoms with van der Waals surface area (Å²) in [6.45, 7) is 2.69. The second-order valence-corrected chi connectivity index (χ2v) is 2.30. The van der Waals surface area contributed by atoms with E-state index in [0.717, 1.165) is 19.7 Å². The number of ether oxygens (including phenoxy) is 2. The van der Waals surface area contributed by atoms with Gasteiger partial charge in [-0.3, -0.25) is 4.90 Å². The number of hydrogen-bond donors (Lipinski definition) is 0. The molecule has 3 heteroatoms. The minimum absolute atomic E-state index is 0.0104. The molecule has 0 aliphatic carbocycles. The molecule has 3 nitrogen and oxygen atoms in total. The van der Waals surface area contributed by atoms with Crippen molar-refractivity contribution in [3.8, 4) is 0 Å². The highest BCUT2D eigenvalue weighted by atomic mass is 16.7. The van der Waals surface area contributed by atoms with E-state index in [-0.39, 0.29) is 6.29 Å². The summed E-state index contributed by atoms with van der Waals surface area (Å²) in [5, 5.41) is 0. The van der Waals surface area contributed by atoms with Crippen LogP contribution in [0, 0.1) is 0 Å². The summed E-state index contributed by atoms with van der Waals surface area (Å²) in [4.78, 5) is 2.19. The van der Waals surface area contributed by atoms with E-state index in [1.165, 1.54) is 0 Å². The average Bonchev–Trinajstić information content (AvgIpc) is 1.88. The monoisotopic (exact) mass is 131 g/mol. The fraction of sp³-hybridized carbons (Fsp3) is 1.00. The maximum Gasteiger partial charge on any atom is 0.169 e. The van der Waals surface area contributed by atoms with E-state index in [1.807, 2.05) is 0 Å². The second kappa shape index (κ2) is 3.15. The van der Waals surface area contributed by atoms with E-state index >= 15 is 0 Å². The topological polar surface area (TPSA) is 21.7 Å². The van der Waals surface area contributed by atoms with Crippen molar-refractivity contribution in [1.82, 2.24) is 4.90 Å². The molecule has 0 bridgehead atoms. The first kappa shape index (κ1) is 6.99. The van der Waals surface area contributed by atoms with Crippen molar-refractivity contribution < 1.29 is 9.47 Å². The fourth-order valence-electron chi connectivity index (χ4n) is 0.881. The van der Waals surface area contributed by atoms with E-state index in [2.05, 4.69) is 11.9 Å². The van der Waals surface area contributed by atoms with Crippen LogP contribution < -0.4 is 0 Å². The molecule has 9 heavy (non-hydrogen) atoms. The number of nitrogens with zero attached hydrogens (tertiary/aromatic N) is 1. The van der Waals surface area contributed by atoms with Crippen molar-refractivity contribution in [2.24, 2.45) is 0 Å². The van der Waals surface area contributed by atoms with E-state index in [1.54, 1.807) is 7.11 Å². The van der Waals surface area contributed by atoms with Gasteiger partial charge in [-0.2, -0.15) is 0 Å². The molecule has 1 saturated heterocycles. The van der Waals surface area contributed by atoms with Crippen LogP contribution in [0.2, 0.25) is 0 Å². The van der Waals surface area contributed by atoms with Crippen molar-refractivity contribution in [2.75, 3.05) is 33.9 Å². The van der Waals surface area contributed by atoms with Crippen molar-refractivity contribution >= 4 is 0 Å². The molecule has 0 spiro atoms. The molecule has 54 valence electrons. The molecule has 1 atom stereocenters. The number of rotatable bonds is 1. The van der Waals surface area contributed by atoms with Crippen LogP contribution in [0.4, 0.5) is 0 Å². The first-order chi connectivity index (χ1) is 4.33. The zero-order chi connectivity index (χ0) is 6.69. The largest absolute Gasteiger partial charge is 0.355 e. The number of likely N-dealkylation sites (N-methyl/N-ethyl adjacent to an activating group) is 1. The zero-order valence-electron chi connectivity index (χ0n) is 5.96. The Hall–Kier alpha value is -0.120. The Labute approximate surface area is 55.5 Å². The maximum atomic E-state index is 5.23. The fourth-order valence-corrected chi connectivity index (χ4v) is 0.881. The minimum Gasteiger partial charge on any atom is -0.355 e. The molecule has 1 rings (SSSR count). The van der Waals surface area contributed by atoms with Gasteiger partial charge in [0.1, 0.15) is 0 Å². The standard InChI is InChI=1S/C6H13NO2/c1-7-3-4-9-6(5-7)8-2/h6H,3-5H2,1-2H3. The SMILES string of the molecule is COC1CN(C)CCO1. The zero-order valence-corrected chi connectivity index (χ0v) is 5.96. The van der Waals surface area contributed by atoms with Gasteiger partial charge >= 0.3 is 0 Å². The van der Waals surface area contributed by atoms with Crippen LogP contribution in [0.1, 0.15) is 0 Å². The summed E-state index contributed by atoms with van der Waals surface area (Å²) in [6.07, 6.45) is -0.0104. The number of methoxy groups -OCH3 is 1. The van der Waals surface area contributed by atoms with Gasteiger partial charge in [0.2, 0.25) is 0 Å². The Bertz CT molecular complexity index is 87.1. The number of morpholine rings is 1. The van der Waals surface area contributed by atoms with Crippen LogP contribution >= 0.6 is 0 Å². The quantitative estimate of drug-likeness (QED) is 0.497. The third-order valence-electron chi connectivity index (χ3n) is 1.50. The summed E-state index contributed by atoms with van der Waals surface area (Å²) < 4.78 is 10.2. The molecular weight excluding hydrogens is 118 g/mol. The lowest BCUT2D eigenvalue weighted by atomic mass is 10.4. The van der Waals surface area contributed by atoms with Crippen LogP contribution in [0.15, 0.2) is 0 Å². The lowest BCUT2D eigenvalue weighted by Gasteiger charge is -2.28. The first-order valence-corrected chi connectivity index (χ1v) is 3.16. The summed E-state index contributed by atoms with van der Waals surface area (Å²) >= 11 is 0. The van der Waals surface area contributed by atoms with Crippen LogP contribution in [0.25, 0.3) is 0 Å². The molecule has 1 unspecified atom stereocenters. The van der Waals surface area contributed by atoms with Crippen LogP contribution in [-0.2, 0) is 9.47 Å². The predicted molar refractivity (Wildman–Crippen MR) is 34.2 cm³/mol. The summed E-state index contributed by atoms with van der Waals surface area (Å²) in [6, 6.07) is 0. The Morgan fingerprint density at radius 1 is 1.67 bits per heavy atom. The van der Waals surface area contributed by atoms with Gasteiger partial charge in [0.15, 0.2) is 6.29 Å². The van der Waals surface area contributed by atoms with Crippen LogP contribution in [0.5, 0.6) is 0 Å². The van der Waals surface area contributed by atoms with E-state index < -0.39 is 0 Å². The van der Waals surface area contributed by atoms with Gasteiger partial charge in [-0.15, -0.1) is 0 Å². The maximum absolute atomic E-state index is 5.23. The highest BCUT2D eigenvalue weighted by molar-refractivity contribution is 4.59. The Morgan fingerprint density at radius 2 is 2.44 bits per heavy atom. The van der Waals surface area contributed by atoms with Gasteiger partial charge in [-0.25, -0.2) is 0 Å². The molecule has 1 fully saturated rings. The summed E-state index contributed by atoms with van der Waals surface area (Å²) in [5.74, 6) is 0. The van der Waals surface area contributed by atoms with Crippen molar-refractivity contribution in [3.63, 3.8) is 0 Å². The van der Waals surface area contributed by atoms with Gasteiger partial charge in [0, 0.05) is 20.2 Å². The van der Waals surface area contributed by atoms with Gasteiger partial charge in [-0.05, 0) is 7.05 Å². The van der Waals surface area contributed by atoms with E-state index in [0.29, 0.717) is 0 Å². The average molecular weight is 131 g/mol. The molecule has 0 aromatic rings. The minimum atomic E-state index is -0.0104. The third-order valence-corrected chi connectivity index (χ3v) is 1.50. The van der Waals surface area contributed by atoms with Crippen molar-refractivity contribution in [2.45, 2.75) is 6.29 Å². The molecule has 0 radical (unpaired) electrons. The molecule has 1 aliphatic heterocycles. The van der Waals surface area contributed by atoms with E-state index in [9.17, 15) is 0 Å². The second-order valence-electron chi connectivity index (χ2n) is 2.30. The van der Waals surface area contributed by atoms with Gasteiger partial charge in [0.25, 0.3) is 0 Å². The van der Waals surface area contributed by atoms with Gasteiger partial charge in [-0.1, -0.05) is 0 Å². The Kier molecular flexibility index (Phi) is 2.45. The lowest BCUT2D eigenvalue weighted by Crippen LogP contribution is -2.40. The number of hydrogen-bond acceptors (Lipinski definition) is 3. The molecular formula is C6H13NO2. The van der Waals surface area contributed by atoms with Crippen LogP contribution in [-0.4, -0.2) is 45.0 Å². The van der Waals surface area contributed by atoms with Gasteiger partial charge < -0.3 is 9.47 Å². The third kappa shape index (κ3) is 1.93. The molecule has 1 aliphatic rings. The smallest absolute Gasteiger partial charge is 0.169 e. The first-order valence-electron chi connectivity index (χ1n) is 3.16. The highest BCUT2D eigenvalue weighted by Crippen LogP contribution is 2.01. The predicted octanol–water partition coefficient (Wildman–Crippen LogP) is -0.0791. The van der Waals surface area contributed by atoms with Crippen LogP contribution in [0.3, 0.4) is 0 Å². The normalized spacial score (nSPS) is 30.7. The molecule has 0 aromatic heterocycles. The Morgan fingerprint density at radius 3 is 2.89 bits per heavy atom. The molecule has 0 saturated carbocycles. The van der Waals surface area contributed by atoms with Crippen molar-refractivity contribution in [1.29, 1.82) is 0 Å².